The number of pyridine rings is 1. The predicted molar refractivity (Wildman–Crippen MR) is 104 cm³/mol. The van der Waals surface area contributed by atoms with E-state index < -0.39 is 0 Å². The first-order valence-corrected chi connectivity index (χ1v) is 8.09. The number of nitrogens with one attached hydrogen (secondary N) is 1. The van der Waals surface area contributed by atoms with Crippen LogP contribution in [0.3, 0.4) is 0 Å². The SMILES string of the molecule is Cc1cc(C)n(-c2ccc(NC(=O)[C@@H]3CCC[C@@H]3CN)cn2)n1.Cl.Cl. The lowest BCUT2D eigenvalue weighted by atomic mass is 9.95. The molecule has 1 amide bonds. The first kappa shape index (κ1) is 21.4. The Hall–Kier alpha value is -1.63. The average Bonchev–Trinajstić information content (AvgIpc) is 3.14. The zero-order valence-corrected chi connectivity index (χ0v) is 16.1. The molecule has 6 nitrogen and oxygen atoms in total. The van der Waals surface area contributed by atoms with E-state index in [1.54, 1.807) is 10.9 Å². The predicted octanol–water partition coefficient (Wildman–Crippen LogP) is 3.04. The molecule has 2 heterocycles. The van der Waals surface area contributed by atoms with Gasteiger partial charge < -0.3 is 11.1 Å². The number of carbonyl (C=O) groups is 1. The lowest BCUT2D eigenvalue weighted by Gasteiger charge is -2.17. The van der Waals surface area contributed by atoms with Crippen molar-refractivity contribution in [2.24, 2.45) is 17.6 Å². The zero-order valence-electron chi connectivity index (χ0n) is 14.4. The van der Waals surface area contributed by atoms with Crippen molar-refractivity contribution in [3.8, 4) is 5.82 Å². The summed E-state index contributed by atoms with van der Waals surface area (Å²) in [5, 5.41) is 7.37. The summed E-state index contributed by atoms with van der Waals surface area (Å²) < 4.78 is 1.79. The third kappa shape index (κ3) is 4.71. The van der Waals surface area contributed by atoms with Crippen LogP contribution in [0, 0.1) is 25.7 Å². The molecule has 8 heteroatoms. The molecule has 1 saturated carbocycles. The summed E-state index contributed by atoms with van der Waals surface area (Å²) in [6, 6.07) is 5.73. The maximum absolute atomic E-state index is 12.4. The van der Waals surface area contributed by atoms with Gasteiger partial charge in [0.2, 0.25) is 5.91 Å². The monoisotopic (exact) mass is 385 g/mol. The fraction of sp³-hybridized carbons (Fsp3) is 0.471. The van der Waals surface area contributed by atoms with E-state index in [9.17, 15) is 4.79 Å². The van der Waals surface area contributed by atoms with Gasteiger partial charge in [-0.3, -0.25) is 4.79 Å². The Balaban J connectivity index is 0.00000156. The van der Waals surface area contributed by atoms with Gasteiger partial charge in [0.25, 0.3) is 0 Å². The fourth-order valence-corrected chi connectivity index (χ4v) is 3.35. The van der Waals surface area contributed by atoms with Crippen molar-refractivity contribution < 1.29 is 4.79 Å². The molecule has 1 aliphatic carbocycles. The van der Waals surface area contributed by atoms with Crippen molar-refractivity contribution >= 4 is 36.4 Å². The van der Waals surface area contributed by atoms with E-state index in [0.29, 0.717) is 18.2 Å². The molecule has 3 rings (SSSR count). The van der Waals surface area contributed by atoms with Crippen LogP contribution in [0.1, 0.15) is 30.7 Å². The zero-order chi connectivity index (χ0) is 16.4. The number of aryl methyl sites for hydroxylation is 2. The summed E-state index contributed by atoms with van der Waals surface area (Å²) in [5.41, 5.74) is 8.45. The minimum Gasteiger partial charge on any atom is -0.330 e. The number of halogens is 2. The quantitative estimate of drug-likeness (QED) is 0.846. The first-order valence-electron chi connectivity index (χ1n) is 8.09. The molecule has 2 aromatic rings. The molecule has 25 heavy (non-hydrogen) atoms. The van der Waals surface area contributed by atoms with E-state index >= 15 is 0 Å². The first-order chi connectivity index (χ1) is 11.1. The smallest absolute Gasteiger partial charge is 0.227 e. The number of aromatic nitrogens is 3. The molecule has 1 fully saturated rings. The van der Waals surface area contributed by atoms with E-state index in [2.05, 4.69) is 15.4 Å². The van der Waals surface area contributed by atoms with Gasteiger partial charge in [0, 0.05) is 11.6 Å². The summed E-state index contributed by atoms with van der Waals surface area (Å²) >= 11 is 0. The summed E-state index contributed by atoms with van der Waals surface area (Å²) in [4.78, 5) is 16.8. The maximum Gasteiger partial charge on any atom is 0.227 e. The fourth-order valence-electron chi connectivity index (χ4n) is 3.35. The van der Waals surface area contributed by atoms with Crippen molar-refractivity contribution in [1.82, 2.24) is 14.8 Å². The normalized spacial score (nSPS) is 19.0. The van der Waals surface area contributed by atoms with Crippen molar-refractivity contribution in [3.63, 3.8) is 0 Å². The molecule has 1 aliphatic rings. The minimum absolute atomic E-state index is 0. The molecule has 0 aromatic carbocycles. The van der Waals surface area contributed by atoms with Crippen LogP contribution in [0.5, 0.6) is 0 Å². The van der Waals surface area contributed by atoms with E-state index in [1.807, 2.05) is 32.0 Å². The van der Waals surface area contributed by atoms with E-state index in [1.165, 1.54) is 0 Å². The Morgan fingerprint density at radius 1 is 1.32 bits per heavy atom. The Morgan fingerprint density at radius 3 is 2.64 bits per heavy atom. The maximum atomic E-state index is 12.4. The molecule has 0 radical (unpaired) electrons. The Labute approximate surface area is 160 Å². The third-order valence-corrected chi connectivity index (χ3v) is 4.54. The van der Waals surface area contributed by atoms with Crippen LogP contribution in [-0.4, -0.2) is 27.2 Å². The van der Waals surface area contributed by atoms with Gasteiger partial charge in [-0.05, 0) is 57.4 Å². The topological polar surface area (TPSA) is 85.8 Å². The average molecular weight is 386 g/mol. The Bertz CT molecular complexity index is 702. The number of nitrogens with zero attached hydrogens (tertiary/aromatic N) is 3. The lowest BCUT2D eigenvalue weighted by Crippen LogP contribution is -2.29. The van der Waals surface area contributed by atoms with Gasteiger partial charge >= 0.3 is 0 Å². The van der Waals surface area contributed by atoms with Gasteiger partial charge in [-0.25, -0.2) is 9.67 Å². The summed E-state index contributed by atoms with van der Waals surface area (Å²) in [5.74, 6) is 1.13. The molecule has 0 bridgehead atoms. The molecule has 0 unspecified atom stereocenters. The van der Waals surface area contributed by atoms with Gasteiger partial charge in [-0.2, -0.15) is 5.10 Å². The van der Waals surface area contributed by atoms with Crippen LogP contribution >= 0.6 is 24.8 Å². The second kappa shape index (κ2) is 9.17. The molecule has 2 atom stereocenters. The highest BCUT2D eigenvalue weighted by molar-refractivity contribution is 5.92. The van der Waals surface area contributed by atoms with Crippen LogP contribution in [0.25, 0.3) is 5.82 Å². The number of rotatable bonds is 4. The molecule has 138 valence electrons. The highest BCUT2D eigenvalue weighted by atomic mass is 35.5. The van der Waals surface area contributed by atoms with Crippen molar-refractivity contribution in [1.29, 1.82) is 0 Å². The number of hydrogen-bond donors (Lipinski definition) is 2. The van der Waals surface area contributed by atoms with E-state index in [0.717, 1.165) is 36.5 Å². The number of nitrogens with two attached hydrogens (primary N) is 1. The number of amides is 1. The third-order valence-electron chi connectivity index (χ3n) is 4.54. The van der Waals surface area contributed by atoms with E-state index in [4.69, 9.17) is 5.73 Å². The second-order valence-electron chi connectivity index (χ2n) is 6.27. The Morgan fingerprint density at radius 2 is 2.08 bits per heavy atom. The van der Waals surface area contributed by atoms with Crippen molar-refractivity contribution in [2.75, 3.05) is 11.9 Å². The lowest BCUT2D eigenvalue weighted by molar-refractivity contribution is -0.120. The van der Waals surface area contributed by atoms with E-state index in [-0.39, 0.29) is 36.6 Å². The van der Waals surface area contributed by atoms with Gasteiger partial charge in [0.1, 0.15) is 0 Å². The van der Waals surface area contributed by atoms with Crippen LogP contribution in [0.15, 0.2) is 24.4 Å². The Kier molecular flexibility index (Phi) is 7.86. The molecule has 0 spiro atoms. The van der Waals surface area contributed by atoms with Gasteiger partial charge in [-0.15, -0.1) is 24.8 Å². The second-order valence-corrected chi connectivity index (χ2v) is 6.27. The van der Waals surface area contributed by atoms with Crippen LogP contribution < -0.4 is 11.1 Å². The van der Waals surface area contributed by atoms with Crippen LogP contribution in [-0.2, 0) is 4.79 Å². The molecular weight excluding hydrogens is 361 g/mol. The molecule has 0 saturated heterocycles. The van der Waals surface area contributed by atoms with Gasteiger partial charge in [-0.1, -0.05) is 6.42 Å². The summed E-state index contributed by atoms with van der Waals surface area (Å²) in [6.07, 6.45) is 4.72. The van der Waals surface area contributed by atoms with Crippen molar-refractivity contribution in [2.45, 2.75) is 33.1 Å². The summed E-state index contributed by atoms with van der Waals surface area (Å²) in [7, 11) is 0. The highest BCUT2D eigenvalue weighted by Crippen LogP contribution is 2.31. The molecular formula is C17H25Cl2N5O. The molecule has 3 N–H and O–H groups in total. The van der Waals surface area contributed by atoms with Gasteiger partial charge in [0.15, 0.2) is 5.82 Å². The summed E-state index contributed by atoms with van der Waals surface area (Å²) in [6.45, 7) is 4.52. The van der Waals surface area contributed by atoms with Gasteiger partial charge in [0.05, 0.1) is 17.6 Å². The largest absolute Gasteiger partial charge is 0.330 e. The van der Waals surface area contributed by atoms with Crippen molar-refractivity contribution in [3.05, 3.63) is 35.8 Å². The highest BCUT2D eigenvalue weighted by Gasteiger charge is 2.31. The number of carbonyl (C=O) groups excluding carboxylic acids is 1. The standard InChI is InChI=1S/C17H23N5O.2ClH/c1-11-8-12(2)22(21-11)16-7-6-14(10-19-16)20-17(23)15-5-3-4-13(15)9-18;;/h6-8,10,13,15H,3-5,9,18H2,1-2H3,(H,20,23);2*1H/t13-,15-;;/m1../s1. The molecule has 2 aromatic heterocycles. The number of anilines is 1. The molecule has 0 aliphatic heterocycles. The van der Waals surface area contributed by atoms with Crippen LogP contribution in [0.2, 0.25) is 0 Å². The van der Waals surface area contributed by atoms with Crippen LogP contribution in [0.4, 0.5) is 5.69 Å². The minimum atomic E-state index is 0. The number of hydrogen-bond acceptors (Lipinski definition) is 4.